The Morgan fingerprint density at radius 2 is 1.33 bits per heavy atom. The summed E-state index contributed by atoms with van der Waals surface area (Å²) in [4.78, 5) is 0. The lowest BCUT2D eigenvalue weighted by Gasteiger charge is -2.20. The van der Waals surface area contributed by atoms with Crippen LogP contribution in [0.3, 0.4) is 0 Å². The fourth-order valence-electron chi connectivity index (χ4n) is 1.11. The summed E-state index contributed by atoms with van der Waals surface area (Å²) in [5, 5.41) is 3.24. The molecule has 0 aromatic rings. The van der Waals surface area contributed by atoms with E-state index in [0.29, 0.717) is 0 Å². The summed E-state index contributed by atoms with van der Waals surface area (Å²) in [5.74, 6) is 0. The molecule has 0 heterocycles. The van der Waals surface area contributed by atoms with E-state index in [9.17, 15) is 0 Å². The summed E-state index contributed by atoms with van der Waals surface area (Å²) in [6.07, 6.45) is 4.47. The second-order valence-electron chi connectivity index (χ2n) is 3.48. The van der Waals surface area contributed by atoms with E-state index in [1.165, 1.54) is 0 Å². The van der Waals surface area contributed by atoms with Gasteiger partial charge >= 0.3 is 0 Å². The lowest BCUT2D eigenvalue weighted by molar-refractivity contribution is -0.0298. The predicted molar refractivity (Wildman–Crippen MR) is 72.4 cm³/mol. The molecule has 0 saturated heterocycles. The Hall–Kier alpha value is 0.740. The van der Waals surface area contributed by atoms with Gasteiger partial charge in [0, 0.05) is 13.2 Å². The van der Waals surface area contributed by atoms with Gasteiger partial charge in [0.1, 0.15) is 12.5 Å². The van der Waals surface area contributed by atoms with Crippen LogP contribution in [0.2, 0.25) is 0 Å². The van der Waals surface area contributed by atoms with E-state index in [4.69, 9.17) is 9.47 Å². The van der Waals surface area contributed by atoms with Gasteiger partial charge in [0.15, 0.2) is 0 Å². The van der Waals surface area contributed by atoms with Crippen LogP contribution in [-0.2, 0) is 9.47 Å². The average Bonchev–Trinajstić information content (AvgIpc) is 2.18. The monoisotopic (exact) mass is 253 g/mol. The molecule has 0 bridgehead atoms. The molecule has 0 aliphatic rings. The molecule has 3 nitrogen and oxygen atoms in total. The first-order valence-corrected chi connectivity index (χ1v) is 7.23. The van der Waals surface area contributed by atoms with Gasteiger partial charge in [-0.15, -0.1) is 18.5 Å². The van der Waals surface area contributed by atoms with Gasteiger partial charge in [0.05, 0.1) is 0 Å². The van der Waals surface area contributed by atoms with Crippen LogP contribution in [-0.4, -0.2) is 38.0 Å². The van der Waals surface area contributed by atoms with Gasteiger partial charge in [0.25, 0.3) is 0 Å². The number of hydrogen-bond donors (Lipinski definition) is 1. The number of nitrogens with one attached hydrogen (secondary N) is 1. The van der Waals surface area contributed by atoms with E-state index in [1.54, 1.807) is 0 Å². The SMILES string of the molecule is CC(NC(C)OCCCP)OCCCP. The first-order chi connectivity index (χ1) is 7.20. The van der Waals surface area contributed by atoms with Crippen LogP contribution in [0.5, 0.6) is 0 Å². The highest BCUT2D eigenvalue weighted by atomic mass is 31.0. The smallest absolute Gasteiger partial charge is 0.107 e. The first-order valence-electron chi connectivity index (χ1n) is 5.60. The molecule has 0 amide bonds. The van der Waals surface area contributed by atoms with Crippen LogP contribution in [0.15, 0.2) is 0 Å². The summed E-state index contributed by atoms with van der Waals surface area (Å²) in [6, 6.07) is 0. The second-order valence-corrected chi connectivity index (χ2v) is 4.63. The Balaban J connectivity index is 3.35. The van der Waals surface area contributed by atoms with Crippen LogP contribution >= 0.6 is 18.5 Å². The van der Waals surface area contributed by atoms with E-state index in [1.807, 2.05) is 13.8 Å². The fraction of sp³-hybridized carbons (Fsp3) is 1.00. The topological polar surface area (TPSA) is 30.5 Å². The van der Waals surface area contributed by atoms with Crippen molar-refractivity contribution in [2.45, 2.75) is 39.1 Å². The zero-order valence-corrected chi connectivity index (χ0v) is 12.2. The van der Waals surface area contributed by atoms with Crippen LogP contribution in [0.4, 0.5) is 0 Å². The van der Waals surface area contributed by atoms with Gasteiger partial charge in [-0.3, -0.25) is 5.32 Å². The van der Waals surface area contributed by atoms with Crippen molar-refractivity contribution in [1.82, 2.24) is 5.32 Å². The Morgan fingerprint density at radius 1 is 0.933 bits per heavy atom. The molecule has 0 rings (SSSR count). The average molecular weight is 253 g/mol. The maximum Gasteiger partial charge on any atom is 0.107 e. The van der Waals surface area contributed by atoms with Crippen molar-refractivity contribution in [3.8, 4) is 0 Å². The largest absolute Gasteiger partial charge is 0.364 e. The van der Waals surface area contributed by atoms with Crippen LogP contribution in [0.1, 0.15) is 26.7 Å². The fourth-order valence-corrected chi connectivity index (χ4v) is 1.45. The molecule has 1 N–H and O–H groups in total. The van der Waals surface area contributed by atoms with Crippen LogP contribution in [0, 0.1) is 0 Å². The highest BCUT2D eigenvalue weighted by Gasteiger charge is 2.06. The third kappa shape index (κ3) is 11.0. The highest BCUT2D eigenvalue weighted by molar-refractivity contribution is 7.16. The summed E-state index contributed by atoms with van der Waals surface area (Å²) in [7, 11) is 5.39. The highest BCUT2D eigenvalue weighted by Crippen LogP contribution is 1.97. The van der Waals surface area contributed by atoms with Gasteiger partial charge in [0.2, 0.25) is 0 Å². The molecule has 4 atom stereocenters. The second kappa shape index (κ2) is 11.2. The van der Waals surface area contributed by atoms with E-state index >= 15 is 0 Å². The molecule has 0 radical (unpaired) electrons. The Labute approximate surface area is 98.5 Å². The molecule has 92 valence electrons. The molecule has 0 aliphatic carbocycles. The van der Waals surface area contributed by atoms with E-state index in [-0.39, 0.29) is 12.5 Å². The minimum Gasteiger partial charge on any atom is -0.364 e. The van der Waals surface area contributed by atoms with Gasteiger partial charge < -0.3 is 9.47 Å². The molecule has 0 aromatic carbocycles. The molecule has 0 fully saturated rings. The minimum absolute atomic E-state index is 0.0625. The lowest BCUT2D eigenvalue weighted by Crippen LogP contribution is -2.38. The maximum absolute atomic E-state index is 5.55. The molecule has 4 unspecified atom stereocenters. The van der Waals surface area contributed by atoms with Crippen molar-refractivity contribution >= 4 is 18.5 Å². The molecule has 0 aliphatic heterocycles. The van der Waals surface area contributed by atoms with Crippen molar-refractivity contribution in [2.24, 2.45) is 0 Å². The van der Waals surface area contributed by atoms with Crippen LogP contribution < -0.4 is 5.32 Å². The third-order valence-corrected chi connectivity index (χ3v) is 2.72. The van der Waals surface area contributed by atoms with Crippen LogP contribution in [0.25, 0.3) is 0 Å². The van der Waals surface area contributed by atoms with Gasteiger partial charge in [-0.1, -0.05) is 0 Å². The minimum atomic E-state index is 0.0625. The molecule has 15 heavy (non-hydrogen) atoms. The van der Waals surface area contributed by atoms with Gasteiger partial charge in [-0.2, -0.15) is 0 Å². The maximum atomic E-state index is 5.55. The molecular formula is C10H25NO2P2. The van der Waals surface area contributed by atoms with Crippen molar-refractivity contribution in [3.05, 3.63) is 0 Å². The number of rotatable bonds is 10. The van der Waals surface area contributed by atoms with Crippen molar-refractivity contribution in [2.75, 3.05) is 25.5 Å². The number of ether oxygens (including phenoxy) is 2. The van der Waals surface area contributed by atoms with E-state index < -0.39 is 0 Å². The Kier molecular flexibility index (Phi) is 11.8. The molecular weight excluding hydrogens is 228 g/mol. The predicted octanol–water partition coefficient (Wildman–Crippen LogP) is 1.83. The Bertz CT molecular complexity index is 125. The van der Waals surface area contributed by atoms with Gasteiger partial charge in [-0.25, -0.2) is 0 Å². The van der Waals surface area contributed by atoms with Crippen molar-refractivity contribution in [3.63, 3.8) is 0 Å². The lowest BCUT2D eigenvalue weighted by atomic mass is 10.5. The zero-order chi connectivity index (χ0) is 11.5. The summed E-state index contributed by atoms with van der Waals surface area (Å²) < 4.78 is 11.1. The van der Waals surface area contributed by atoms with Gasteiger partial charge in [-0.05, 0) is 39.0 Å². The zero-order valence-electron chi connectivity index (χ0n) is 9.87. The molecule has 0 saturated carbocycles. The first kappa shape index (κ1) is 15.7. The molecule has 0 spiro atoms. The Morgan fingerprint density at radius 3 is 1.67 bits per heavy atom. The van der Waals surface area contributed by atoms with E-state index in [0.717, 1.165) is 38.4 Å². The molecule has 0 aromatic heterocycles. The van der Waals surface area contributed by atoms with E-state index in [2.05, 4.69) is 23.8 Å². The normalized spacial score (nSPS) is 15.2. The van der Waals surface area contributed by atoms with Crippen molar-refractivity contribution in [1.29, 1.82) is 0 Å². The standard InChI is InChI=1S/C10H25NO2P2/c1-9(12-5-3-7-14)11-10(2)13-6-4-8-15/h9-11H,3-8,14-15H2,1-2H3. The number of hydrogen-bond acceptors (Lipinski definition) is 3. The van der Waals surface area contributed by atoms with Crippen molar-refractivity contribution < 1.29 is 9.47 Å². The summed E-state index contributed by atoms with van der Waals surface area (Å²) in [6.45, 7) is 5.63. The third-order valence-electron chi connectivity index (χ3n) is 1.90. The summed E-state index contributed by atoms with van der Waals surface area (Å²) in [5.41, 5.74) is 0. The summed E-state index contributed by atoms with van der Waals surface area (Å²) >= 11 is 0. The quantitative estimate of drug-likeness (QED) is 0.366. The molecule has 5 heteroatoms.